The number of carbonyl (C=O) groups excluding carboxylic acids is 1. The number of anilines is 1. The van der Waals surface area contributed by atoms with Gasteiger partial charge in [0.15, 0.2) is 0 Å². The van der Waals surface area contributed by atoms with Crippen LogP contribution in [0, 0.1) is 0 Å². The third-order valence-corrected chi connectivity index (χ3v) is 3.47. The number of aryl methyl sites for hydroxylation is 1. The predicted molar refractivity (Wildman–Crippen MR) is 71.5 cm³/mol. The number of nitrogens with zero attached hydrogens (tertiary/aromatic N) is 1. The molecule has 1 atom stereocenters. The Balaban J connectivity index is 2.07. The summed E-state index contributed by atoms with van der Waals surface area (Å²) >= 11 is 0. The Morgan fingerprint density at radius 1 is 1.44 bits per heavy atom. The zero-order valence-electron chi connectivity index (χ0n) is 10.7. The van der Waals surface area contributed by atoms with E-state index in [0.717, 1.165) is 25.1 Å². The second-order valence-electron chi connectivity index (χ2n) is 4.76. The molecule has 0 aliphatic carbocycles. The fourth-order valence-corrected chi connectivity index (χ4v) is 2.40. The van der Waals surface area contributed by atoms with Crippen LogP contribution < -0.4 is 5.32 Å². The molecule has 2 rings (SSSR count). The maximum Gasteiger partial charge on any atom is 0.241 e. The number of hydrogen-bond acceptors (Lipinski definition) is 3. The van der Waals surface area contributed by atoms with E-state index in [-0.39, 0.29) is 18.6 Å². The van der Waals surface area contributed by atoms with Gasteiger partial charge in [-0.3, -0.25) is 9.69 Å². The highest BCUT2D eigenvalue weighted by Gasteiger charge is 2.26. The van der Waals surface area contributed by atoms with Crippen LogP contribution in [0.4, 0.5) is 5.69 Å². The first-order valence-electron chi connectivity index (χ1n) is 6.42. The Bertz CT molecular complexity index is 420. The Kier molecular flexibility index (Phi) is 4.33. The van der Waals surface area contributed by atoms with Crippen LogP contribution in [0.5, 0.6) is 0 Å². The molecule has 0 saturated heterocycles. The van der Waals surface area contributed by atoms with Gasteiger partial charge in [0.2, 0.25) is 5.91 Å². The molecule has 1 heterocycles. The lowest BCUT2D eigenvalue weighted by molar-refractivity contribution is -0.121. The van der Waals surface area contributed by atoms with Crippen LogP contribution in [0.1, 0.15) is 18.4 Å². The highest BCUT2D eigenvalue weighted by molar-refractivity contribution is 5.96. The number of hydrogen-bond donors (Lipinski definition) is 2. The van der Waals surface area contributed by atoms with Gasteiger partial charge in [-0.1, -0.05) is 18.2 Å². The Morgan fingerprint density at radius 3 is 3.00 bits per heavy atom. The number of aliphatic hydroxyl groups is 1. The van der Waals surface area contributed by atoms with Crippen LogP contribution in [0.25, 0.3) is 0 Å². The molecule has 2 N–H and O–H groups in total. The van der Waals surface area contributed by atoms with E-state index in [2.05, 4.69) is 11.4 Å². The fraction of sp³-hybridized carbons (Fsp3) is 0.500. The van der Waals surface area contributed by atoms with Gasteiger partial charge in [-0.25, -0.2) is 0 Å². The van der Waals surface area contributed by atoms with Gasteiger partial charge < -0.3 is 10.4 Å². The summed E-state index contributed by atoms with van der Waals surface area (Å²) < 4.78 is 0. The number of fused-ring (bicyclic) bond motifs is 1. The van der Waals surface area contributed by atoms with E-state index in [1.54, 1.807) is 0 Å². The molecule has 1 aromatic rings. The average molecular weight is 248 g/mol. The van der Waals surface area contributed by atoms with E-state index in [9.17, 15) is 4.79 Å². The van der Waals surface area contributed by atoms with Gasteiger partial charge in [0.1, 0.15) is 0 Å². The summed E-state index contributed by atoms with van der Waals surface area (Å²) in [6.07, 6.45) is 2.43. The maximum atomic E-state index is 12.2. The molecular formula is C14H20N2O2. The quantitative estimate of drug-likeness (QED) is 0.843. The molecule has 0 saturated carbocycles. The molecule has 1 amide bonds. The van der Waals surface area contributed by atoms with Crippen molar-refractivity contribution in [1.29, 1.82) is 0 Å². The van der Waals surface area contributed by atoms with Crippen molar-refractivity contribution in [2.24, 2.45) is 0 Å². The monoisotopic (exact) mass is 248 g/mol. The highest BCUT2D eigenvalue weighted by atomic mass is 16.3. The zero-order valence-corrected chi connectivity index (χ0v) is 10.7. The summed E-state index contributed by atoms with van der Waals surface area (Å²) in [6, 6.07) is 7.84. The van der Waals surface area contributed by atoms with Crippen molar-refractivity contribution >= 4 is 11.6 Å². The van der Waals surface area contributed by atoms with Crippen LogP contribution in [0.2, 0.25) is 0 Å². The second-order valence-corrected chi connectivity index (χ2v) is 4.76. The first-order valence-corrected chi connectivity index (χ1v) is 6.42. The van der Waals surface area contributed by atoms with E-state index < -0.39 is 0 Å². The smallest absolute Gasteiger partial charge is 0.241 e. The van der Waals surface area contributed by atoms with Crippen molar-refractivity contribution in [2.45, 2.75) is 25.3 Å². The van der Waals surface area contributed by atoms with Crippen LogP contribution in [0.15, 0.2) is 24.3 Å². The van der Waals surface area contributed by atoms with Crippen molar-refractivity contribution in [3.05, 3.63) is 29.8 Å². The minimum absolute atomic E-state index is 0.0559. The molecule has 0 fully saturated rings. The first-order chi connectivity index (χ1) is 8.72. The summed E-state index contributed by atoms with van der Waals surface area (Å²) in [5, 5.41) is 11.8. The third kappa shape index (κ3) is 2.89. The maximum absolute atomic E-state index is 12.2. The number of likely N-dealkylation sites (N-methyl/N-ethyl adjacent to an activating group) is 1. The van der Waals surface area contributed by atoms with E-state index in [0.29, 0.717) is 6.42 Å². The molecule has 1 aliphatic rings. The summed E-state index contributed by atoms with van der Waals surface area (Å²) in [5.74, 6) is 0.0559. The fourth-order valence-electron chi connectivity index (χ4n) is 2.40. The first kappa shape index (κ1) is 13.1. The molecular weight excluding hydrogens is 228 g/mol. The van der Waals surface area contributed by atoms with Gasteiger partial charge >= 0.3 is 0 Å². The molecule has 1 aliphatic heterocycles. The molecule has 1 aromatic carbocycles. The number of carbonyl (C=O) groups is 1. The molecule has 0 radical (unpaired) electrons. The highest BCUT2D eigenvalue weighted by Crippen LogP contribution is 2.23. The van der Waals surface area contributed by atoms with E-state index in [1.165, 1.54) is 5.56 Å². The van der Waals surface area contributed by atoms with Gasteiger partial charge in [0, 0.05) is 18.8 Å². The number of para-hydroxylation sites is 1. The molecule has 0 spiro atoms. The van der Waals surface area contributed by atoms with Crippen molar-refractivity contribution in [3.63, 3.8) is 0 Å². The second kappa shape index (κ2) is 5.98. The van der Waals surface area contributed by atoms with Gasteiger partial charge in [-0.2, -0.15) is 0 Å². The lowest BCUT2D eigenvalue weighted by Gasteiger charge is -2.25. The molecule has 4 heteroatoms. The molecule has 0 bridgehead atoms. The summed E-state index contributed by atoms with van der Waals surface area (Å²) in [4.78, 5) is 14.2. The topological polar surface area (TPSA) is 52.6 Å². The van der Waals surface area contributed by atoms with E-state index in [4.69, 9.17) is 5.11 Å². The predicted octanol–water partition coefficient (Wildman–Crippen LogP) is 1.25. The Labute approximate surface area is 108 Å². The average Bonchev–Trinajstić information content (AvgIpc) is 2.54. The van der Waals surface area contributed by atoms with E-state index in [1.807, 2.05) is 30.1 Å². The SMILES string of the molecule is CN(CCCO)C1CCc2ccccc2NC1=O. The third-order valence-electron chi connectivity index (χ3n) is 3.47. The molecule has 4 nitrogen and oxygen atoms in total. The Hall–Kier alpha value is -1.39. The van der Waals surface area contributed by atoms with Crippen molar-refractivity contribution < 1.29 is 9.90 Å². The van der Waals surface area contributed by atoms with Gasteiger partial charge in [0.05, 0.1) is 6.04 Å². The van der Waals surface area contributed by atoms with Crippen molar-refractivity contribution in [2.75, 3.05) is 25.5 Å². The van der Waals surface area contributed by atoms with Gasteiger partial charge in [-0.05, 0) is 37.9 Å². The minimum Gasteiger partial charge on any atom is -0.396 e. The summed E-state index contributed by atoms with van der Waals surface area (Å²) in [7, 11) is 1.94. The van der Waals surface area contributed by atoms with Crippen LogP contribution >= 0.6 is 0 Å². The number of benzene rings is 1. The van der Waals surface area contributed by atoms with Crippen LogP contribution in [-0.2, 0) is 11.2 Å². The largest absolute Gasteiger partial charge is 0.396 e. The van der Waals surface area contributed by atoms with Crippen LogP contribution in [0.3, 0.4) is 0 Å². The van der Waals surface area contributed by atoms with E-state index >= 15 is 0 Å². The normalized spacial score (nSPS) is 19.3. The molecule has 98 valence electrons. The summed E-state index contributed by atoms with van der Waals surface area (Å²) in [6.45, 7) is 0.907. The van der Waals surface area contributed by atoms with Gasteiger partial charge in [0.25, 0.3) is 0 Å². The minimum atomic E-state index is -0.107. The number of amides is 1. The zero-order chi connectivity index (χ0) is 13.0. The number of nitrogens with one attached hydrogen (secondary N) is 1. The standard InChI is InChI=1S/C14H20N2O2/c1-16(9-4-10-17)13-8-7-11-5-2-3-6-12(11)15-14(13)18/h2-3,5-6,13,17H,4,7-10H2,1H3,(H,15,18). The number of aliphatic hydroxyl groups excluding tert-OH is 1. The molecule has 1 unspecified atom stereocenters. The van der Waals surface area contributed by atoms with Crippen molar-refractivity contribution in [3.8, 4) is 0 Å². The summed E-state index contributed by atoms with van der Waals surface area (Å²) in [5.41, 5.74) is 2.13. The Morgan fingerprint density at radius 2 is 2.22 bits per heavy atom. The molecule has 18 heavy (non-hydrogen) atoms. The number of rotatable bonds is 4. The van der Waals surface area contributed by atoms with Crippen molar-refractivity contribution in [1.82, 2.24) is 4.90 Å². The lowest BCUT2D eigenvalue weighted by Crippen LogP contribution is -2.41. The molecule has 0 aromatic heterocycles. The lowest BCUT2D eigenvalue weighted by atomic mass is 10.1. The van der Waals surface area contributed by atoms with Gasteiger partial charge in [-0.15, -0.1) is 0 Å². The van der Waals surface area contributed by atoms with Crippen LogP contribution in [-0.4, -0.2) is 42.2 Å².